The van der Waals surface area contributed by atoms with E-state index in [4.69, 9.17) is 22.4 Å². The number of carboxylic acids is 1. The van der Waals surface area contributed by atoms with E-state index in [1.165, 1.54) is 6.07 Å². The van der Waals surface area contributed by atoms with Gasteiger partial charge in [-0.05, 0) is 42.5 Å². The van der Waals surface area contributed by atoms with Crippen LogP contribution < -0.4 is 11.1 Å². The van der Waals surface area contributed by atoms with Gasteiger partial charge in [-0.2, -0.15) is 0 Å². The molecule has 92 valence electrons. The summed E-state index contributed by atoms with van der Waals surface area (Å²) < 4.78 is 0. The molecular weight excluding hydrogens is 252 g/mol. The highest BCUT2D eigenvalue weighted by molar-refractivity contribution is 6.33. The second-order valence-electron chi connectivity index (χ2n) is 3.75. The lowest BCUT2D eigenvalue weighted by molar-refractivity contribution is 0.0697. The Hall–Kier alpha value is -2.20. The minimum Gasteiger partial charge on any atom is -0.478 e. The van der Waals surface area contributed by atoms with Gasteiger partial charge in [0.05, 0.1) is 10.6 Å². The van der Waals surface area contributed by atoms with Crippen molar-refractivity contribution in [2.75, 3.05) is 11.1 Å². The number of nitrogen functional groups attached to an aromatic ring is 1. The van der Waals surface area contributed by atoms with Crippen LogP contribution in [0.2, 0.25) is 5.02 Å². The number of hydrogen-bond acceptors (Lipinski definition) is 3. The average molecular weight is 263 g/mol. The van der Waals surface area contributed by atoms with E-state index in [1.807, 2.05) is 12.1 Å². The Labute approximate surface area is 109 Å². The van der Waals surface area contributed by atoms with Gasteiger partial charge < -0.3 is 16.2 Å². The summed E-state index contributed by atoms with van der Waals surface area (Å²) in [6.45, 7) is 0. The van der Waals surface area contributed by atoms with Crippen LogP contribution in [0.25, 0.3) is 0 Å². The molecule has 5 heteroatoms. The van der Waals surface area contributed by atoms with Crippen LogP contribution in [-0.2, 0) is 0 Å². The first kappa shape index (κ1) is 12.3. The first-order chi connectivity index (χ1) is 8.56. The molecule has 0 unspecified atom stereocenters. The molecule has 2 aromatic rings. The number of carbonyl (C=O) groups is 1. The maximum atomic E-state index is 10.8. The number of nitrogens with two attached hydrogens (primary N) is 1. The molecule has 0 amide bonds. The standard InChI is InChI=1S/C13H11ClN2O2/c14-12-7-10(5-6-11(12)13(17)18)16-9-3-1-8(15)2-4-9/h1-7,16H,15H2,(H,17,18). The maximum Gasteiger partial charge on any atom is 0.337 e. The summed E-state index contributed by atoms with van der Waals surface area (Å²) in [7, 11) is 0. The van der Waals surface area contributed by atoms with E-state index in [9.17, 15) is 4.79 Å². The minimum absolute atomic E-state index is 0.0829. The first-order valence-corrected chi connectivity index (χ1v) is 5.59. The lowest BCUT2D eigenvalue weighted by Crippen LogP contribution is -1.98. The van der Waals surface area contributed by atoms with Gasteiger partial charge in [-0.25, -0.2) is 4.79 Å². The molecule has 0 saturated heterocycles. The van der Waals surface area contributed by atoms with Crippen molar-refractivity contribution in [2.45, 2.75) is 0 Å². The number of halogens is 1. The monoisotopic (exact) mass is 262 g/mol. The summed E-state index contributed by atoms with van der Waals surface area (Å²) in [5.41, 5.74) is 7.91. The van der Waals surface area contributed by atoms with Gasteiger partial charge >= 0.3 is 5.97 Å². The number of nitrogens with one attached hydrogen (secondary N) is 1. The van der Waals surface area contributed by atoms with Gasteiger partial charge in [0.25, 0.3) is 0 Å². The van der Waals surface area contributed by atoms with Crippen molar-refractivity contribution in [3.8, 4) is 0 Å². The molecule has 0 heterocycles. The molecule has 0 aromatic heterocycles. The van der Waals surface area contributed by atoms with Crippen molar-refractivity contribution in [3.05, 3.63) is 53.1 Å². The summed E-state index contributed by atoms with van der Waals surface area (Å²) in [5, 5.41) is 12.2. The predicted molar refractivity (Wildman–Crippen MR) is 72.5 cm³/mol. The van der Waals surface area contributed by atoms with E-state index < -0.39 is 5.97 Å². The van der Waals surface area contributed by atoms with E-state index in [0.717, 1.165) is 11.4 Å². The molecule has 18 heavy (non-hydrogen) atoms. The van der Waals surface area contributed by atoms with Crippen LogP contribution in [0.1, 0.15) is 10.4 Å². The Kier molecular flexibility index (Phi) is 3.39. The second kappa shape index (κ2) is 4.98. The molecule has 0 aliphatic carbocycles. The van der Waals surface area contributed by atoms with E-state index >= 15 is 0 Å². The number of carboxylic acid groups (broad SMARTS) is 1. The van der Waals surface area contributed by atoms with Crippen LogP contribution in [0, 0.1) is 0 Å². The van der Waals surface area contributed by atoms with Crippen molar-refractivity contribution < 1.29 is 9.90 Å². The molecule has 4 N–H and O–H groups in total. The summed E-state index contributed by atoms with van der Waals surface area (Å²) in [6, 6.07) is 11.9. The van der Waals surface area contributed by atoms with Gasteiger partial charge in [0.15, 0.2) is 0 Å². The van der Waals surface area contributed by atoms with Gasteiger partial charge in [-0.3, -0.25) is 0 Å². The smallest absolute Gasteiger partial charge is 0.337 e. The zero-order chi connectivity index (χ0) is 13.1. The highest BCUT2D eigenvalue weighted by atomic mass is 35.5. The molecule has 0 aliphatic rings. The van der Waals surface area contributed by atoms with Gasteiger partial charge in [0.1, 0.15) is 0 Å². The summed E-state index contributed by atoms with van der Waals surface area (Å²) >= 11 is 5.88. The Balaban J connectivity index is 2.22. The van der Waals surface area contributed by atoms with Gasteiger partial charge in [-0.1, -0.05) is 11.6 Å². The molecule has 0 atom stereocenters. The molecule has 0 aliphatic heterocycles. The van der Waals surface area contributed by atoms with Gasteiger partial charge in [0, 0.05) is 17.1 Å². The highest BCUT2D eigenvalue weighted by Gasteiger charge is 2.08. The number of hydrogen-bond donors (Lipinski definition) is 3. The van der Waals surface area contributed by atoms with Gasteiger partial charge in [0.2, 0.25) is 0 Å². The molecular formula is C13H11ClN2O2. The van der Waals surface area contributed by atoms with Crippen LogP contribution in [0.4, 0.5) is 17.1 Å². The third-order valence-corrected chi connectivity index (χ3v) is 2.71. The molecule has 0 spiro atoms. The fourth-order valence-corrected chi connectivity index (χ4v) is 1.76. The van der Waals surface area contributed by atoms with E-state index in [2.05, 4.69) is 5.32 Å². The average Bonchev–Trinajstić information content (AvgIpc) is 2.32. The summed E-state index contributed by atoms with van der Waals surface area (Å²) in [5.74, 6) is -1.04. The van der Waals surface area contributed by atoms with E-state index in [0.29, 0.717) is 5.69 Å². The molecule has 4 nitrogen and oxygen atoms in total. The topological polar surface area (TPSA) is 75.3 Å². The highest BCUT2D eigenvalue weighted by Crippen LogP contribution is 2.24. The fraction of sp³-hybridized carbons (Fsp3) is 0. The Bertz CT molecular complexity index is 582. The first-order valence-electron chi connectivity index (χ1n) is 5.21. The van der Waals surface area contributed by atoms with E-state index in [-0.39, 0.29) is 10.6 Å². The number of rotatable bonds is 3. The van der Waals surface area contributed by atoms with Crippen LogP contribution in [0.3, 0.4) is 0 Å². The third-order valence-electron chi connectivity index (χ3n) is 2.40. The fourth-order valence-electron chi connectivity index (χ4n) is 1.50. The zero-order valence-electron chi connectivity index (χ0n) is 9.35. The minimum atomic E-state index is -1.04. The van der Waals surface area contributed by atoms with Crippen molar-refractivity contribution >= 4 is 34.6 Å². The molecule has 0 saturated carbocycles. The second-order valence-corrected chi connectivity index (χ2v) is 4.15. The summed E-state index contributed by atoms with van der Waals surface area (Å²) in [6.07, 6.45) is 0. The predicted octanol–water partition coefficient (Wildman–Crippen LogP) is 3.36. The summed E-state index contributed by atoms with van der Waals surface area (Å²) in [4.78, 5) is 10.8. The lowest BCUT2D eigenvalue weighted by atomic mass is 10.2. The number of anilines is 3. The molecule has 2 rings (SSSR count). The quantitative estimate of drug-likeness (QED) is 0.742. The lowest BCUT2D eigenvalue weighted by Gasteiger charge is -2.08. The van der Waals surface area contributed by atoms with Crippen LogP contribution >= 0.6 is 11.6 Å². The molecule has 0 bridgehead atoms. The molecule has 2 aromatic carbocycles. The van der Waals surface area contributed by atoms with Crippen LogP contribution in [0.15, 0.2) is 42.5 Å². The largest absolute Gasteiger partial charge is 0.478 e. The van der Waals surface area contributed by atoms with E-state index in [1.54, 1.807) is 24.3 Å². The number of aromatic carboxylic acids is 1. The third kappa shape index (κ3) is 2.73. The van der Waals surface area contributed by atoms with Crippen molar-refractivity contribution in [1.29, 1.82) is 0 Å². The Morgan fingerprint density at radius 2 is 1.72 bits per heavy atom. The zero-order valence-corrected chi connectivity index (χ0v) is 10.1. The molecule has 0 radical (unpaired) electrons. The SMILES string of the molecule is Nc1ccc(Nc2ccc(C(=O)O)c(Cl)c2)cc1. The normalized spacial score (nSPS) is 10.1. The number of benzene rings is 2. The van der Waals surface area contributed by atoms with Crippen molar-refractivity contribution in [2.24, 2.45) is 0 Å². The van der Waals surface area contributed by atoms with Crippen LogP contribution in [0.5, 0.6) is 0 Å². The van der Waals surface area contributed by atoms with Crippen LogP contribution in [-0.4, -0.2) is 11.1 Å². The molecule has 0 fully saturated rings. The Morgan fingerprint density at radius 3 is 2.28 bits per heavy atom. The van der Waals surface area contributed by atoms with Crippen molar-refractivity contribution in [3.63, 3.8) is 0 Å². The maximum absolute atomic E-state index is 10.8. The van der Waals surface area contributed by atoms with Crippen molar-refractivity contribution in [1.82, 2.24) is 0 Å². The van der Waals surface area contributed by atoms with Gasteiger partial charge in [-0.15, -0.1) is 0 Å². The Morgan fingerprint density at radius 1 is 1.11 bits per heavy atom.